The van der Waals surface area contributed by atoms with Crippen molar-refractivity contribution in [3.8, 4) is 16.8 Å². The predicted molar refractivity (Wildman–Crippen MR) is 122 cm³/mol. The fourth-order valence-electron chi connectivity index (χ4n) is 2.81. The van der Waals surface area contributed by atoms with Crippen molar-refractivity contribution in [2.75, 3.05) is 11.1 Å². The number of rotatable bonds is 6. The average Bonchev–Trinajstić information content (AvgIpc) is 3.43. The van der Waals surface area contributed by atoms with E-state index in [1.807, 2.05) is 42.6 Å². The number of nitrogens with zero attached hydrogens (tertiary/aromatic N) is 3. The summed E-state index contributed by atoms with van der Waals surface area (Å²) in [6, 6.07) is 16.5. The molecule has 0 aliphatic heterocycles. The molecule has 1 aromatic carbocycles. The number of oxazole rings is 1. The Morgan fingerprint density at radius 1 is 1.26 bits per heavy atom. The quantitative estimate of drug-likeness (QED) is 0.395. The van der Waals surface area contributed by atoms with Gasteiger partial charge in [0.1, 0.15) is 22.7 Å². The second kappa shape index (κ2) is 9.04. The second-order valence-electron chi connectivity index (χ2n) is 6.49. The normalized spacial score (nSPS) is 10.6. The van der Waals surface area contributed by atoms with Gasteiger partial charge >= 0.3 is 0 Å². The summed E-state index contributed by atoms with van der Waals surface area (Å²) in [5.41, 5.74) is 7.87. The highest BCUT2D eigenvalue weighted by molar-refractivity contribution is 7.98. The molecule has 31 heavy (non-hydrogen) atoms. The van der Waals surface area contributed by atoms with Crippen molar-refractivity contribution in [2.45, 2.75) is 17.7 Å². The summed E-state index contributed by atoms with van der Waals surface area (Å²) in [5, 5.41) is 14.7. The number of pyridine rings is 1. The number of amides is 1. The van der Waals surface area contributed by atoms with Gasteiger partial charge in [-0.1, -0.05) is 36.0 Å². The van der Waals surface area contributed by atoms with Gasteiger partial charge in [0, 0.05) is 11.4 Å². The third kappa shape index (κ3) is 4.60. The number of nitrogen functional groups attached to an aromatic ring is 1. The number of nitrogens with one attached hydrogen (secondary N) is 1. The molecule has 0 radical (unpaired) electrons. The number of benzene rings is 1. The van der Waals surface area contributed by atoms with E-state index >= 15 is 0 Å². The van der Waals surface area contributed by atoms with Crippen LogP contribution in [-0.4, -0.2) is 15.9 Å². The van der Waals surface area contributed by atoms with Crippen LogP contribution in [0.2, 0.25) is 0 Å². The van der Waals surface area contributed by atoms with Gasteiger partial charge in [-0.25, -0.2) is 9.97 Å². The molecule has 1 amide bonds. The van der Waals surface area contributed by atoms with Gasteiger partial charge in [0.05, 0.1) is 21.7 Å². The standard InChI is InChI=1S/C22H17N5O2S2/c1-13-17(26-21(29-13)18-8-5-9-30-18)12-31-22-14(11-23)10-16(19(24)27-22)20(28)25-15-6-3-2-4-7-15/h2-10H,12H2,1H3,(H2,24,27)(H,25,28). The van der Waals surface area contributed by atoms with Gasteiger partial charge in [0.15, 0.2) is 0 Å². The number of anilines is 2. The number of aryl methyl sites for hydroxylation is 1. The summed E-state index contributed by atoms with van der Waals surface area (Å²) in [5.74, 6) is 1.38. The van der Waals surface area contributed by atoms with Crippen molar-refractivity contribution in [1.29, 1.82) is 5.26 Å². The van der Waals surface area contributed by atoms with Gasteiger partial charge in [0.25, 0.3) is 5.91 Å². The van der Waals surface area contributed by atoms with E-state index in [-0.39, 0.29) is 16.9 Å². The molecule has 0 aliphatic carbocycles. The first-order valence-corrected chi connectivity index (χ1v) is 11.1. The molecule has 9 heteroatoms. The van der Waals surface area contributed by atoms with Crippen molar-refractivity contribution >= 4 is 40.5 Å². The van der Waals surface area contributed by atoms with E-state index in [4.69, 9.17) is 10.2 Å². The van der Waals surface area contributed by atoms with Crippen LogP contribution in [0.5, 0.6) is 0 Å². The van der Waals surface area contributed by atoms with Crippen molar-refractivity contribution in [2.24, 2.45) is 0 Å². The molecule has 0 fully saturated rings. The highest BCUT2D eigenvalue weighted by atomic mass is 32.2. The lowest BCUT2D eigenvalue weighted by Crippen LogP contribution is -2.15. The number of thioether (sulfide) groups is 1. The van der Waals surface area contributed by atoms with E-state index in [9.17, 15) is 10.1 Å². The molecule has 3 N–H and O–H groups in total. The number of carbonyl (C=O) groups is 1. The minimum Gasteiger partial charge on any atom is -0.440 e. The van der Waals surface area contributed by atoms with Crippen LogP contribution in [0.15, 0.2) is 63.4 Å². The number of carbonyl (C=O) groups excluding carboxylic acids is 1. The van der Waals surface area contributed by atoms with Crippen LogP contribution in [-0.2, 0) is 5.75 Å². The maximum atomic E-state index is 12.6. The number of thiophene rings is 1. The van der Waals surface area contributed by atoms with Gasteiger partial charge in [-0.15, -0.1) is 11.3 Å². The van der Waals surface area contributed by atoms with E-state index in [1.165, 1.54) is 17.8 Å². The fraction of sp³-hybridized carbons (Fsp3) is 0.0909. The Morgan fingerprint density at radius 2 is 2.06 bits per heavy atom. The molecule has 0 atom stereocenters. The van der Waals surface area contributed by atoms with Crippen LogP contribution in [0, 0.1) is 18.3 Å². The van der Waals surface area contributed by atoms with Crippen molar-refractivity contribution in [3.63, 3.8) is 0 Å². The number of hydrogen-bond acceptors (Lipinski definition) is 8. The Bertz CT molecular complexity index is 1260. The van der Waals surface area contributed by atoms with Gasteiger partial charge in [-0.2, -0.15) is 5.26 Å². The smallest absolute Gasteiger partial charge is 0.259 e. The van der Waals surface area contributed by atoms with Crippen LogP contribution in [0.3, 0.4) is 0 Å². The van der Waals surface area contributed by atoms with Crippen molar-refractivity contribution in [3.05, 3.63) is 76.5 Å². The molecule has 0 saturated carbocycles. The maximum absolute atomic E-state index is 12.6. The van der Waals surface area contributed by atoms with Crippen LogP contribution >= 0.6 is 23.1 Å². The SMILES string of the molecule is Cc1oc(-c2cccs2)nc1CSc1nc(N)c(C(=O)Nc2ccccc2)cc1C#N. The molecular formula is C22H17N5O2S2. The molecule has 7 nitrogen and oxygen atoms in total. The van der Waals surface area contributed by atoms with Gasteiger partial charge in [-0.05, 0) is 36.6 Å². The Balaban J connectivity index is 1.52. The zero-order valence-electron chi connectivity index (χ0n) is 16.5. The lowest BCUT2D eigenvalue weighted by atomic mass is 10.2. The molecule has 3 heterocycles. The number of aromatic nitrogens is 2. The highest BCUT2D eigenvalue weighted by Gasteiger charge is 2.18. The molecule has 0 aliphatic rings. The molecule has 154 valence electrons. The minimum absolute atomic E-state index is 0.0612. The second-order valence-corrected chi connectivity index (χ2v) is 8.41. The molecule has 3 aromatic heterocycles. The van der Waals surface area contributed by atoms with E-state index in [2.05, 4.69) is 21.4 Å². The topological polar surface area (TPSA) is 118 Å². The fourth-order valence-corrected chi connectivity index (χ4v) is 4.42. The molecule has 0 spiro atoms. The first-order chi connectivity index (χ1) is 15.0. The highest BCUT2D eigenvalue weighted by Crippen LogP contribution is 2.31. The Kier molecular flexibility index (Phi) is 6.02. The number of hydrogen-bond donors (Lipinski definition) is 2. The van der Waals surface area contributed by atoms with Crippen LogP contribution < -0.4 is 11.1 Å². The predicted octanol–water partition coefficient (Wildman–Crippen LogP) is 5.11. The molecule has 4 rings (SSSR count). The van der Waals surface area contributed by atoms with Crippen molar-refractivity contribution in [1.82, 2.24) is 9.97 Å². The van der Waals surface area contributed by atoms with Crippen LogP contribution in [0.25, 0.3) is 10.8 Å². The molecular weight excluding hydrogens is 430 g/mol. The summed E-state index contributed by atoms with van der Waals surface area (Å²) in [6.07, 6.45) is 0. The summed E-state index contributed by atoms with van der Waals surface area (Å²) in [4.78, 5) is 22.4. The lowest BCUT2D eigenvalue weighted by molar-refractivity contribution is 0.102. The van der Waals surface area contributed by atoms with E-state index < -0.39 is 5.91 Å². The summed E-state index contributed by atoms with van der Waals surface area (Å²) in [7, 11) is 0. The Morgan fingerprint density at radius 3 is 2.77 bits per heavy atom. The number of nitrogens with two attached hydrogens (primary N) is 1. The third-order valence-corrected chi connectivity index (χ3v) is 6.24. The molecule has 0 unspecified atom stereocenters. The number of para-hydroxylation sites is 1. The van der Waals surface area contributed by atoms with Gasteiger partial charge in [0.2, 0.25) is 5.89 Å². The van der Waals surface area contributed by atoms with Crippen LogP contribution in [0.4, 0.5) is 11.5 Å². The van der Waals surface area contributed by atoms with E-state index in [0.717, 1.165) is 10.6 Å². The number of nitriles is 1. The average molecular weight is 448 g/mol. The van der Waals surface area contributed by atoms with Crippen LogP contribution in [0.1, 0.15) is 27.4 Å². The Hall–Kier alpha value is -3.61. The zero-order chi connectivity index (χ0) is 21.8. The monoisotopic (exact) mass is 447 g/mol. The third-order valence-electron chi connectivity index (χ3n) is 4.38. The Labute approximate surface area is 187 Å². The van der Waals surface area contributed by atoms with E-state index in [0.29, 0.717) is 28.1 Å². The van der Waals surface area contributed by atoms with Crippen molar-refractivity contribution < 1.29 is 9.21 Å². The van der Waals surface area contributed by atoms with E-state index in [1.54, 1.807) is 23.5 Å². The largest absolute Gasteiger partial charge is 0.440 e. The minimum atomic E-state index is -0.419. The molecule has 0 saturated heterocycles. The van der Waals surface area contributed by atoms with Gasteiger partial charge in [-0.3, -0.25) is 4.79 Å². The summed E-state index contributed by atoms with van der Waals surface area (Å²) < 4.78 is 5.76. The van der Waals surface area contributed by atoms with Gasteiger partial charge < -0.3 is 15.5 Å². The first kappa shape index (κ1) is 20.7. The molecule has 0 bridgehead atoms. The zero-order valence-corrected chi connectivity index (χ0v) is 18.1. The maximum Gasteiger partial charge on any atom is 0.259 e. The lowest BCUT2D eigenvalue weighted by Gasteiger charge is -2.10. The first-order valence-electron chi connectivity index (χ1n) is 9.25. The molecule has 4 aromatic rings. The summed E-state index contributed by atoms with van der Waals surface area (Å²) in [6.45, 7) is 1.85. The summed E-state index contributed by atoms with van der Waals surface area (Å²) >= 11 is 2.88.